The lowest BCUT2D eigenvalue weighted by Crippen LogP contribution is -2.00. The van der Waals surface area contributed by atoms with Crippen LogP contribution in [0.5, 0.6) is 0 Å². The van der Waals surface area contributed by atoms with Gasteiger partial charge in [-0.15, -0.1) is 0 Å². The first kappa shape index (κ1) is 17.5. The molecule has 0 atom stereocenters. The average Bonchev–Trinajstić information content (AvgIpc) is 2.26. The van der Waals surface area contributed by atoms with E-state index in [4.69, 9.17) is 0 Å². The van der Waals surface area contributed by atoms with Crippen LogP contribution in [0.2, 0.25) is 0 Å². The largest absolute Gasteiger partial charge is 0.224 e. The highest BCUT2D eigenvalue weighted by atomic mass is 32.2. The monoisotopic (exact) mass is 248 g/mol. The lowest BCUT2D eigenvalue weighted by molar-refractivity contribution is 0.570. The lowest BCUT2D eigenvalue weighted by atomic mass is 10.2. The predicted molar refractivity (Wildman–Crippen MR) is 66.9 cm³/mol. The quantitative estimate of drug-likeness (QED) is 0.761. The van der Waals surface area contributed by atoms with Crippen LogP contribution < -0.4 is 0 Å². The Kier molecular flexibility index (Phi) is 9.05. The van der Waals surface area contributed by atoms with Crippen LogP contribution in [-0.2, 0) is 9.84 Å². The van der Waals surface area contributed by atoms with E-state index in [-0.39, 0.29) is 4.90 Å². The molecule has 4 heteroatoms. The molecule has 0 aliphatic carbocycles. The van der Waals surface area contributed by atoms with Gasteiger partial charge in [-0.25, -0.2) is 12.8 Å². The molecule has 0 aliphatic heterocycles. The van der Waals surface area contributed by atoms with Crippen LogP contribution >= 0.6 is 0 Å². The summed E-state index contributed by atoms with van der Waals surface area (Å²) in [7, 11) is -3.43. The maximum absolute atomic E-state index is 12.9. The van der Waals surface area contributed by atoms with Gasteiger partial charge in [0, 0.05) is 6.26 Å². The van der Waals surface area contributed by atoms with Gasteiger partial charge < -0.3 is 0 Å². The third kappa shape index (κ3) is 5.85. The van der Waals surface area contributed by atoms with Crippen molar-refractivity contribution >= 4 is 9.84 Å². The zero-order valence-corrected chi connectivity index (χ0v) is 11.7. The Labute approximate surface area is 98.4 Å². The third-order valence-electron chi connectivity index (χ3n) is 1.49. The Morgan fingerprint density at radius 1 is 1.06 bits per heavy atom. The van der Waals surface area contributed by atoms with Gasteiger partial charge in [-0.05, 0) is 24.6 Å². The Balaban J connectivity index is 0. The number of hydrogen-bond donors (Lipinski definition) is 0. The molecule has 1 rings (SSSR count). The molecular formula is C12H21FO2S. The van der Waals surface area contributed by atoms with E-state index >= 15 is 0 Å². The average molecular weight is 248 g/mol. The van der Waals surface area contributed by atoms with Gasteiger partial charge >= 0.3 is 0 Å². The van der Waals surface area contributed by atoms with Crippen molar-refractivity contribution in [1.29, 1.82) is 0 Å². The second-order valence-electron chi connectivity index (χ2n) is 2.71. The Morgan fingerprint density at radius 3 is 1.81 bits per heavy atom. The normalized spacial score (nSPS) is 9.44. The van der Waals surface area contributed by atoms with E-state index in [1.807, 2.05) is 27.7 Å². The summed E-state index contributed by atoms with van der Waals surface area (Å²) in [4.78, 5) is -0.234. The fraction of sp³-hybridized carbons (Fsp3) is 0.500. The molecule has 0 heterocycles. The highest BCUT2D eigenvalue weighted by Gasteiger charge is 2.12. The molecule has 0 spiro atoms. The SMILES string of the molecule is CC.CC.Cc1ccc(F)c(S(C)(=O)=O)c1. The Bertz CT molecular complexity index is 397. The van der Waals surface area contributed by atoms with Crippen molar-refractivity contribution < 1.29 is 12.8 Å². The summed E-state index contributed by atoms with van der Waals surface area (Å²) in [5, 5.41) is 0. The fourth-order valence-corrected chi connectivity index (χ4v) is 1.72. The summed E-state index contributed by atoms with van der Waals surface area (Å²) in [6.45, 7) is 9.72. The Morgan fingerprint density at radius 2 is 1.50 bits per heavy atom. The summed E-state index contributed by atoms with van der Waals surface area (Å²) in [6.07, 6.45) is 0.991. The van der Waals surface area contributed by atoms with Crippen LogP contribution in [0.3, 0.4) is 0 Å². The van der Waals surface area contributed by atoms with E-state index in [0.717, 1.165) is 17.9 Å². The topological polar surface area (TPSA) is 34.1 Å². The predicted octanol–water partition coefficient (Wildman–Crippen LogP) is 3.59. The lowest BCUT2D eigenvalue weighted by Gasteiger charge is -2.00. The number of aryl methyl sites for hydroxylation is 1. The minimum absolute atomic E-state index is 0.234. The summed E-state index contributed by atoms with van der Waals surface area (Å²) in [5.74, 6) is -0.692. The van der Waals surface area contributed by atoms with Crippen LogP contribution in [0.15, 0.2) is 23.1 Å². The molecule has 0 bridgehead atoms. The number of rotatable bonds is 1. The van der Waals surface area contributed by atoms with Gasteiger partial charge in [-0.1, -0.05) is 33.8 Å². The molecule has 0 fully saturated rings. The maximum Gasteiger partial charge on any atom is 0.178 e. The molecule has 0 N–H and O–H groups in total. The number of halogens is 1. The van der Waals surface area contributed by atoms with Crippen molar-refractivity contribution in [2.75, 3.05) is 6.26 Å². The molecule has 0 unspecified atom stereocenters. The van der Waals surface area contributed by atoms with Crippen LogP contribution in [-0.4, -0.2) is 14.7 Å². The van der Waals surface area contributed by atoms with E-state index in [9.17, 15) is 12.8 Å². The second-order valence-corrected chi connectivity index (χ2v) is 4.69. The number of hydrogen-bond acceptors (Lipinski definition) is 2. The van der Waals surface area contributed by atoms with Crippen molar-refractivity contribution in [2.24, 2.45) is 0 Å². The summed E-state index contributed by atoms with van der Waals surface area (Å²) in [6, 6.07) is 4.01. The molecule has 1 aromatic carbocycles. The fourth-order valence-electron chi connectivity index (χ4n) is 0.895. The molecule has 94 valence electrons. The summed E-state index contributed by atoms with van der Waals surface area (Å²) in [5.41, 5.74) is 0.733. The molecule has 0 saturated carbocycles. The molecule has 0 aliphatic rings. The minimum Gasteiger partial charge on any atom is -0.224 e. The molecule has 16 heavy (non-hydrogen) atoms. The molecule has 0 amide bonds. The van der Waals surface area contributed by atoms with Crippen LogP contribution in [0.25, 0.3) is 0 Å². The van der Waals surface area contributed by atoms with Crippen molar-refractivity contribution in [1.82, 2.24) is 0 Å². The van der Waals surface area contributed by atoms with Gasteiger partial charge in [0.25, 0.3) is 0 Å². The van der Waals surface area contributed by atoms with Crippen LogP contribution in [0.4, 0.5) is 4.39 Å². The molecule has 0 aromatic heterocycles. The highest BCUT2D eigenvalue weighted by molar-refractivity contribution is 7.90. The number of sulfone groups is 1. The summed E-state index contributed by atoms with van der Waals surface area (Å²) < 4.78 is 34.8. The second kappa shape index (κ2) is 8.28. The van der Waals surface area contributed by atoms with Crippen LogP contribution in [0.1, 0.15) is 33.3 Å². The standard InChI is InChI=1S/C8H9FO2S.2C2H6/c1-6-3-4-7(9)8(5-6)12(2,10)11;2*1-2/h3-5H,1-2H3;2*1-2H3. The first-order chi connectivity index (χ1) is 7.41. The van der Waals surface area contributed by atoms with E-state index in [1.54, 1.807) is 6.92 Å². The third-order valence-corrected chi connectivity index (χ3v) is 2.60. The smallest absolute Gasteiger partial charge is 0.178 e. The number of benzene rings is 1. The van der Waals surface area contributed by atoms with Gasteiger partial charge in [-0.2, -0.15) is 0 Å². The van der Waals surface area contributed by atoms with Crippen molar-refractivity contribution in [3.8, 4) is 0 Å². The van der Waals surface area contributed by atoms with Gasteiger partial charge in [-0.3, -0.25) is 0 Å². The molecular weight excluding hydrogens is 227 g/mol. The highest BCUT2D eigenvalue weighted by Crippen LogP contribution is 2.15. The molecule has 0 radical (unpaired) electrons. The van der Waals surface area contributed by atoms with E-state index in [0.29, 0.717) is 0 Å². The van der Waals surface area contributed by atoms with Gasteiger partial charge in [0.1, 0.15) is 10.7 Å². The molecule has 2 nitrogen and oxygen atoms in total. The Hall–Kier alpha value is -0.900. The van der Waals surface area contributed by atoms with Crippen molar-refractivity contribution in [3.05, 3.63) is 29.6 Å². The zero-order valence-electron chi connectivity index (χ0n) is 10.8. The van der Waals surface area contributed by atoms with Crippen molar-refractivity contribution in [3.63, 3.8) is 0 Å². The molecule has 1 aromatic rings. The minimum atomic E-state index is -3.43. The first-order valence-corrected chi connectivity index (χ1v) is 7.26. The van der Waals surface area contributed by atoms with Crippen LogP contribution in [0, 0.1) is 12.7 Å². The van der Waals surface area contributed by atoms with Gasteiger partial charge in [0.15, 0.2) is 9.84 Å². The van der Waals surface area contributed by atoms with E-state index in [1.165, 1.54) is 12.1 Å². The van der Waals surface area contributed by atoms with Crippen molar-refractivity contribution in [2.45, 2.75) is 39.5 Å². The molecule has 0 saturated heterocycles. The van der Waals surface area contributed by atoms with Gasteiger partial charge in [0.05, 0.1) is 0 Å². The van der Waals surface area contributed by atoms with E-state index < -0.39 is 15.7 Å². The summed E-state index contributed by atoms with van der Waals surface area (Å²) >= 11 is 0. The maximum atomic E-state index is 12.9. The van der Waals surface area contributed by atoms with Gasteiger partial charge in [0.2, 0.25) is 0 Å². The van der Waals surface area contributed by atoms with E-state index in [2.05, 4.69) is 0 Å². The first-order valence-electron chi connectivity index (χ1n) is 5.37. The zero-order chi connectivity index (χ0) is 13.4.